The van der Waals surface area contributed by atoms with Gasteiger partial charge in [0, 0.05) is 14.0 Å². The fraction of sp³-hybridized carbons (Fsp3) is 0.154. The van der Waals surface area contributed by atoms with Crippen LogP contribution in [0.1, 0.15) is 43.5 Å². The van der Waals surface area contributed by atoms with Gasteiger partial charge in [-0.3, -0.25) is 14.4 Å². The number of carbonyl (C=O) groups is 3. The Morgan fingerprint density at radius 1 is 1.05 bits per heavy atom. The second kappa shape index (κ2) is 8.84. The molecule has 9 heteroatoms. The minimum atomic E-state index is -0.452. The molecule has 2 aromatic rings. The third-order valence-corrected chi connectivity index (χ3v) is 5.19. The molecule has 1 aliphatic rings. The van der Waals surface area contributed by atoms with Gasteiger partial charge in [0.25, 0.3) is 5.24 Å². The lowest BCUT2D eigenvalue weighted by atomic mass is 10.2. The molecule has 0 atom stereocenters. The van der Waals surface area contributed by atoms with Crippen LogP contribution in [0.3, 0.4) is 0 Å². The Kier molecular flexibility index (Phi) is 8.58. The van der Waals surface area contributed by atoms with Gasteiger partial charge in [0.1, 0.15) is 0 Å². The summed E-state index contributed by atoms with van der Waals surface area (Å²) in [6.45, 7) is 0. The van der Waals surface area contributed by atoms with Crippen molar-refractivity contribution in [2.75, 3.05) is 0 Å². The van der Waals surface area contributed by atoms with Gasteiger partial charge in [0.2, 0.25) is 0 Å². The highest BCUT2D eigenvalue weighted by Gasteiger charge is 2.29. The zero-order valence-electron chi connectivity index (χ0n) is 10.2. The number of fused-ring (bicyclic) bond motifs is 1. The largest absolute Gasteiger partial charge is 0.294 e. The third-order valence-electron chi connectivity index (χ3n) is 2.34. The molecule has 0 aromatic carbocycles. The van der Waals surface area contributed by atoms with E-state index in [0.29, 0.717) is 24.0 Å². The average molecular weight is 395 g/mol. The number of thiophene rings is 2. The zero-order chi connectivity index (χ0) is 14.9. The molecule has 0 fully saturated rings. The molecule has 0 saturated heterocycles. The maximum Gasteiger partial charge on any atom is 0.262 e. The van der Waals surface area contributed by atoms with Crippen LogP contribution in [0.2, 0.25) is 8.67 Å². The van der Waals surface area contributed by atoms with Crippen molar-refractivity contribution in [1.82, 2.24) is 0 Å². The van der Waals surface area contributed by atoms with Crippen molar-refractivity contribution in [3.05, 3.63) is 42.2 Å². The average Bonchev–Trinajstić information content (AvgIpc) is 3.01. The molecule has 3 nitrogen and oxygen atoms in total. The molecule has 0 unspecified atom stereocenters. The maximum absolute atomic E-state index is 11.0. The first kappa shape index (κ1) is 21.3. The summed E-state index contributed by atoms with van der Waals surface area (Å²) in [5.41, 5.74) is 0.505. The standard InChI is InChI=1S/C7H3ClO2S.C5H2Cl2OS.CH4.B/c8-6-1-3-4(9)2-5(10)7(3)11-6;6-4-2-1-3(9-4)5(7)8;;/h1H,2H2;1-2H;1H4;. The van der Waals surface area contributed by atoms with Crippen molar-refractivity contribution in [2.24, 2.45) is 0 Å². The number of rotatable bonds is 1. The smallest absolute Gasteiger partial charge is 0.262 e. The van der Waals surface area contributed by atoms with E-state index >= 15 is 0 Å². The van der Waals surface area contributed by atoms with Gasteiger partial charge in [0.15, 0.2) is 11.6 Å². The van der Waals surface area contributed by atoms with Crippen molar-refractivity contribution in [1.29, 1.82) is 0 Å². The van der Waals surface area contributed by atoms with Gasteiger partial charge >= 0.3 is 0 Å². The molecular weight excluding hydrogens is 385 g/mol. The molecule has 0 N–H and O–H groups in total. The zero-order valence-corrected chi connectivity index (χ0v) is 14.1. The normalized spacial score (nSPS) is 11.8. The molecule has 22 heavy (non-hydrogen) atoms. The first-order valence-corrected chi connectivity index (χ1v) is 7.96. The molecule has 115 valence electrons. The summed E-state index contributed by atoms with van der Waals surface area (Å²) >= 11 is 18.6. The van der Waals surface area contributed by atoms with Gasteiger partial charge < -0.3 is 0 Å². The molecule has 0 saturated carbocycles. The van der Waals surface area contributed by atoms with Crippen LogP contribution >= 0.6 is 57.5 Å². The number of ketones is 2. The highest BCUT2D eigenvalue weighted by Crippen LogP contribution is 2.33. The fourth-order valence-corrected chi connectivity index (χ4v) is 3.75. The van der Waals surface area contributed by atoms with Crippen LogP contribution in [0, 0.1) is 0 Å². The van der Waals surface area contributed by atoms with E-state index in [2.05, 4.69) is 0 Å². The second-order valence-electron chi connectivity index (χ2n) is 3.69. The van der Waals surface area contributed by atoms with Crippen LogP contribution in [0.15, 0.2) is 18.2 Å². The van der Waals surface area contributed by atoms with Crippen molar-refractivity contribution < 1.29 is 14.4 Å². The third kappa shape index (κ3) is 4.93. The van der Waals surface area contributed by atoms with Gasteiger partial charge in [-0.2, -0.15) is 0 Å². The lowest BCUT2D eigenvalue weighted by molar-refractivity contribution is 0.0923. The topological polar surface area (TPSA) is 51.2 Å². The Morgan fingerprint density at radius 2 is 1.68 bits per heavy atom. The molecule has 3 radical (unpaired) electrons. The molecule has 0 amide bonds. The molecule has 0 spiro atoms. The SMILES string of the molecule is C.O=C(Cl)c1ccc(Cl)s1.O=C1CC(=O)c2sc(Cl)cc21.[B]. The van der Waals surface area contributed by atoms with E-state index in [4.69, 9.17) is 34.8 Å². The lowest BCUT2D eigenvalue weighted by Gasteiger charge is -1.80. The van der Waals surface area contributed by atoms with Crippen molar-refractivity contribution in [3.63, 3.8) is 0 Å². The van der Waals surface area contributed by atoms with E-state index in [9.17, 15) is 14.4 Å². The van der Waals surface area contributed by atoms with Crippen LogP contribution in [0.25, 0.3) is 0 Å². The first-order valence-electron chi connectivity index (χ1n) is 5.19. The predicted molar refractivity (Wildman–Crippen MR) is 94.6 cm³/mol. The predicted octanol–water partition coefficient (Wildman–Crippen LogP) is 5.21. The highest BCUT2D eigenvalue weighted by molar-refractivity contribution is 7.19. The second-order valence-corrected chi connectivity index (χ2v) is 7.44. The van der Waals surface area contributed by atoms with Crippen LogP contribution in [0.4, 0.5) is 0 Å². The van der Waals surface area contributed by atoms with E-state index in [0.717, 1.165) is 0 Å². The van der Waals surface area contributed by atoms with Gasteiger partial charge in [-0.15, -0.1) is 22.7 Å². The van der Waals surface area contributed by atoms with Crippen LogP contribution < -0.4 is 0 Å². The molecule has 2 heterocycles. The molecule has 2 aromatic heterocycles. The summed E-state index contributed by atoms with van der Waals surface area (Å²) in [5, 5.41) is -0.452. The summed E-state index contributed by atoms with van der Waals surface area (Å²) in [6, 6.07) is 4.80. The summed E-state index contributed by atoms with van der Waals surface area (Å²) in [4.78, 5) is 33.4. The number of carbonyl (C=O) groups excluding carboxylic acids is 3. The maximum atomic E-state index is 11.0. The van der Waals surface area contributed by atoms with Gasteiger partial charge in [0.05, 0.1) is 24.8 Å². The Morgan fingerprint density at radius 3 is 2.09 bits per heavy atom. The number of Topliss-reactive ketones (excluding diaryl/α,β-unsaturated/α-hetero) is 2. The summed E-state index contributed by atoms with van der Waals surface area (Å²) in [5.74, 6) is -0.199. The Hall–Kier alpha value is -0.655. The fourth-order valence-electron chi connectivity index (χ4n) is 1.52. The highest BCUT2D eigenvalue weighted by atomic mass is 35.5. The van der Waals surface area contributed by atoms with Gasteiger partial charge in [-0.05, 0) is 29.8 Å². The minimum Gasteiger partial charge on any atom is -0.294 e. The van der Waals surface area contributed by atoms with E-state index in [-0.39, 0.29) is 33.8 Å². The molecule has 0 aliphatic heterocycles. The van der Waals surface area contributed by atoms with Crippen molar-refractivity contribution in [3.8, 4) is 0 Å². The molecule has 0 bridgehead atoms. The van der Waals surface area contributed by atoms with Crippen molar-refractivity contribution in [2.45, 2.75) is 13.8 Å². The minimum absolute atomic E-state index is 0. The summed E-state index contributed by atoms with van der Waals surface area (Å²) in [6.07, 6.45) is 0.0261. The molecule has 1 aliphatic carbocycles. The number of hydrogen-bond donors (Lipinski definition) is 0. The van der Waals surface area contributed by atoms with Crippen LogP contribution in [0.5, 0.6) is 0 Å². The first-order chi connectivity index (χ1) is 9.38. The summed E-state index contributed by atoms with van der Waals surface area (Å²) in [7, 11) is 0. The number of halogens is 3. The van der Waals surface area contributed by atoms with E-state index in [1.807, 2.05) is 0 Å². The van der Waals surface area contributed by atoms with Crippen LogP contribution in [-0.4, -0.2) is 25.2 Å². The monoisotopic (exact) mass is 393 g/mol. The summed E-state index contributed by atoms with van der Waals surface area (Å²) < 4.78 is 1.09. The van der Waals surface area contributed by atoms with E-state index < -0.39 is 5.24 Å². The Bertz CT molecular complexity index is 678. The Balaban J connectivity index is 0.000000374. The van der Waals surface area contributed by atoms with E-state index in [1.165, 1.54) is 22.7 Å². The van der Waals surface area contributed by atoms with Gasteiger partial charge in [-0.25, -0.2) is 0 Å². The van der Waals surface area contributed by atoms with E-state index in [1.54, 1.807) is 18.2 Å². The van der Waals surface area contributed by atoms with Gasteiger partial charge in [-0.1, -0.05) is 30.6 Å². The lowest BCUT2D eigenvalue weighted by Crippen LogP contribution is -1.91. The van der Waals surface area contributed by atoms with Crippen molar-refractivity contribution >= 4 is 82.7 Å². The Labute approximate surface area is 152 Å². The van der Waals surface area contributed by atoms with Crippen LogP contribution in [-0.2, 0) is 0 Å². The number of hydrogen-bond acceptors (Lipinski definition) is 5. The molecule has 3 rings (SSSR count). The quantitative estimate of drug-likeness (QED) is 0.379. The molecular formula is C13H9BCl3O3S2.